The molecule has 1 aliphatic rings. The van der Waals surface area contributed by atoms with Crippen LogP contribution in [-0.4, -0.2) is 0 Å². The highest BCUT2D eigenvalue weighted by atomic mass is 79.9. The molecule has 0 radical (unpaired) electrons. The molecule has 0 aliphatic carbocycles. The smallest absolute Gasteiger partial charge is 0.127 e. The lowest BCUT2D eigenvalue weighted by Gasteiger charge is -2.31. The Hall–Kier alpha value is -1.39. The van der Waals surface area contributed by atoms with Crippen LogP contribution in [0.25, 0.3) is 0 Å². The molecule has 98 valence electrons. The number of fused-ring (bicyclic) bond motifs is 1. The topological polar surface area (TPSA) is 35.2 Å². The summed E-state index contributed by atoms with van der Waals surface area (Å²) in [6.45, 7) is 0. The Morgan fingerprint density at radius 2 is 1.95 bits per heavy atom. The van der Waals surface area contributed by atoms with Gasteiger partial charge in [-0.1, -0.05) is 40.2 Å². The van der Waals surface area contributed by atoms with Gasteiger partial charge >= 0.3 is 0 Å². The lowest BCUT2D eigenvalue weighted by molar-refractivity contribution is 0.160. The van der Waals surface area contributed by atoms with E-state index < -0.39 is 0 Å². The lowest BCUT2D eigenvalue weighted by atomic mass is 9.93. The average molecular weight is 322 g/mol. The van der Waals surface area contributed by atoms with E-state index in [1.54, 1.807) is 6.07 Å². The van der Waals surface area contributed by atoms with Gasteiger partial charge in [0.25, 0.3) is 0 Å². The number of halogens is 2. The first-order valence-corrected chi connectivity index (χ1v) is 6.90. The normalized spacial score (nSPS) is 21.6. The summed E-state index contributed by atoms with van der Waals surface area (Å²) < 4.78 is 20.2. The Balaban J connectivity index is 1.99. The van der Waals surface area contributed by atoms with Gasteiger partial charge in [0.2, 0.25) is 0 Å². The summed E-state index contributed by atoms with van der Waals surface area (Å²) in [4.78, 5) is 0. The van der Waals surface area contributed by atoms with Crippen molar-refractivity contribution in [1.82, 2.24) is 0 Å². The van der Waals surface area contributed by atoms with Crippen LogP contribution in [0.5, 0.6) is 5.75 Å². The second-order valence-corrected chi connectivity index (χ2v) is 5.51. The van der Waals surface area contributed by atoms with E-state index in [4.69, 9.17) is 10.5 Å². The molecule has 1 heterocycles. The Labute approximate surface area is 119 Å². The van der Waals surface area contributed by atoms with E-state index in [2.05, 4.69) is 15.9 Å². The van der Waals surface area contributed by atoms with Crippen molar-refractivity contribution in [3.05, 3.63) is 63.9 Å². The fraction of sp³-hybridized carbons (Fsp3) is 0.200. The minimum atomic E-state index is -0.307. The van der Waals surface area contributed by atoms with Gasteiger partial charge in [0.15, 0.2) is 0 Å². The number of nitrogens with two attached hydrogens (primary N) is 1. The van der Waals surface area contributed by atoms with Crippen molar-refractivity contribution in [2.45, 2.75) is 18.6 Å². The number of rotatable bonds is 1. The van der Waals surface area contributed by atoms with Gasteiger partial charge in [-0.3, -0.25) is 0 Å². The van der Waals surface area contributed by atoms with Gasteiger partial charge in [-0.25, -0.2) is 4.39 Å². The summed E-state index contributed by atoms with van der Waals surface area (Å²) >= 11 is 3.51. The third kappa shape index (κ3) is 2.38. The number of hydrogen-bond acceptors (Lipinski definition) is 2. The molecule has 3 rings (SSSR count). The third-order valence-electron chi connectivity index (χ3n) is 3.36. The van der Waals surface area contributed by atoms with Gasteiger partial charge in [0, 0.05) is 34.1 Å². The molecule has 0 aromatic heterocycles. The highest BCUT2D eigenvalue weighted by molar-refractivity contribution is 9.10. The monoisotopic (exact) mass is 321 g/mol. The minimum absolute atomic E-state index is 0.138. The molecule has 2 aromatic carbocycles. The molecular formula is C15H13BrFNO. The number of ether oxygens (including phenoxy) is 1. The van der Waals surface area contributed by atoms with Crippen LogP contribution in [0.4, 0.5) is 4.39 Å². The fourth-order valence-electron chi connectivity index (χ4n) is 2.40. The molecule has 0 saturated carbocycles. The third-order valence-corrected chi connectivity index (χ3v) is 4.09. The molecule has 1 unspecified atom stereocenters. The molecule has 19 heavy (non-hydrogen) atoms. The summed E-state index contributed by atoms with van der Waals surface area (Å²) in [6.07, 6.45) is 0.529. The van der Waals surface area contributed by atoms with Crippen LogP contribution in [0, 0.1) is 5.82 Å². The van der Waals surface area contributed by atoms with Gasteiger partial charge in [-0.05, 0) is 12.1 Å². The zero-order valence-electron chi connectivity index (χ0n) is 10.1. The first kappa shape index (κ1) is 12.6. The maximum absolute atomic E-state index is 13.3. The molecule has 0 bridgehead atoms. The maximum Gasteiger partial charge on any atom is 0.127 e. The van der Waals surface area contributed by atoms with Crippen molar-refractivity contribution in [2.75, 3.05) is 0 Å². The van der Waals surface area contributed by atoms with Crippen LogP contribution in [0.2, 0.25) is 0 Å². The largest absolute Gasteiger partial charge is 0.485 e. The molecule has 2 aromatic rings. The van der Waals surface area contributed by atoms with E-state index in [1.165, 1.54) is 12.1 Å². The number of hydrogen-bond donors (Lipinski definition) is 1. The predicted octanol–water partition coefficient (Wildman–Crippen LogP) is 4.11. The second kappa shape index (κ2) is 4.94. The van der Waals surface area contributed by atoms with Gasteiger partial charge in [-0.15, -0.1) is 0 Å². The Bertz CT molecular complexity index is 617. The average Bonchev–Trinajstić information content (AvgIpc) is 2.38. The Morgan fingerprint density at radius 1 is 1.16 bits per heavy atom. The molecular weight excluding hydrogens is 309 g/mol. The Morgan fingerprint density at radius 3 is 2.74 bits per heavy atom. The highest BCUT2D eigenvalue weighted by Crippen LogP contribution is 2.41. The van der Waals surface area contributed by atoms with Crippen LogP contribution in [-0.2, 0) is 0 Å². The van der Waals surface area contributed by atoms with Crippen LogP contribution < -0.4 is 10.5 Å². The molecule has 0 spiro atoms. The van der Waals surface area contributed by atoms with Gasteiger partial charge in [0.1, 0.15) is 17.7 Å². The molecule has 2 nitrogen and oxygen atoms in total. The fourth-order valence-corrected chi connectivity index (χ4v) is 2.94. The molecule has 0 amide bonds. The SMILES string of the molecule is N[C@H]1CC(c2ccccc2Br)Oc2cc(F)ccc21. The lowest BCUT2D eigenvalue weighted by Crippen LogP contribution is -2.24. The Kier molecular flexibility index (Phi) is 3.29. The van der Waals surface area contributed by atoms with Crippen molar-refractivity contribution in [1.29, 1.82) is 0 Å². The molecule has 0 fully saturated rings. The van der Waals surface area contributed by atoms with E-state index >= 15 is 0 Å². The van der Waals surface area contributed by atoms with Gasteiger partial charge in [-0.2, -0.15) is 0 Å². The van der Waals surface area contributed by atoms with Gasteiger partial charge in [0.05, 0.1) is 0 Å². The molecule has 2 atom stereocenters. The van der Waals surface area contributed by atoms with E-state index in [0.717, 1.165) is 15.6 Å². The van der Waals surface area contributed by atoms with Crippen molar-refractivity contribution in [2.24, 2.45) is 5.73 Å². The van der Waals surface area contributed by atoms with E-state index in [1.807, 2.05) is 24.3 Å². The van der Waals surface area contributed by atoms with Crippen LogP contribution in [0.3, 0.4) is 0 Å². The van der Waals surface area contributed by atoms with Crippen molar-refractivity contribution < 1.29 is 9.13 Å². The minimum Gasteiger partial charge on any atom is -0.485 e. The zero-order chi connectivity index (χ0) is 13.4. The summed E-state index contributed by atoms with van der Waals surface area (Å²) in [5, 5.41) is 0. The van der Waals surface area contributed by atoms with Crippen molar-refractivity contribution >= 4 is 15.9 Å². The van der Waals surface area contributed by atoms with Gasteiger partial charge < -0.3 is 10.5 Å². The standard InChI is InChI=1S/C15H13BrFNO/c16-12-4-2-1-3-10(12)15-8-13(18)11-6-5-9(17)7-14(11)19-15/h1-7,13,15H,8,18H2/t13-,15?/m0/s1. The molecule has 1 aliphatic heterocycles. The number of benzene rings is 2. The van der Waals surface area contributed by atoms with Crippen LogP contribution in [0.1, 0.15) is 29.7 Å². The van der Waals surface area contributed by atoms with E-state index in [9.17, 15) is 4.39 Å². The zero-order valence-corrected chi connectivity index (χ0v) is 11.7. The predicted molar refractivity (Wildman–Crippen MR) is 75.5 cm³/mol. The van der Waals surface area contributed by atoms with E-state index in [0.29, 0.717) is 12.2 Å². The van der Waals surface area contributed by atoms with Crippen molar-refractivity contribution in [3.63, 3.8) is 0 Å². The summed E-state index contributed by atoms with van der Waals surface area (Å²) in [5.41, 5.74) is 8.06. The summed E-state index contributed by atoms with van der Waals surface area (Å²) in [5.74, 6) is 0.234. The molecule has 0 saturated heterocycles. The summed E-state index contributed by atoms with van der Waals surface area (Å²) in [7, 11) is 0. The molecule has 2 N–H and O–H groups in total. The first-order valence-electron chi connectivity index (χ1n) is 6.11. The van der Waals surface area contributed by atoms with Crippen LogP contribution >= 0.6 is 15.9 Å². The second-order valence-electron chi connectivity index (χ2n) is 4.65. The highest BCUT2D eigenvalue weighted by Gasteiger charge is 2.28. The molecule has 4 heteroatoms. The van der Waals surface area contributed by atoms with Crippen molar-refractivity contribution in [3.8, 4) is 5.75 Å². The first-order chi connectivity index (χ1) is 9.15. The van der Waals surface area contributed by atoms with Crippen LogP contribution in [0.15, 0.2) is 46.9 Å². The van der Waals surface area contributed by atoms with E-state index in [-0.39, 0.29) is 18.0 Å². The summed E-state index contributed by atoms with van der Waals surface area (Å²) in [6, 6.07) is 12.2. The quantitative estimate of drug-likeness (QED) is 0.857. The maximum atomic E-state index is 13.3.